The molecule has 0 rings (SSSR count). The zero-order valence-corrected chi connectivity index (χ0v) is 7.63. The van der Waals surface area contributed by atoms with Crippen LogP contribution in [0.25, 0.3) is 0 Å². The molecule has 0 saturated heterocycles. The lowest BCUT2D eigenvalue weighted by Gasteiger charge is -1.97. The minimum Gasteiger partial charge on any atom is -0.469 e. The molecule has 0 aliphatic heterocycles. The minimum absolute atomic E-state index is 0.187. The van der Waals surface area contributed by atoms with Gasteiger partial charge in [-0.2, -0.15) is 8.42 Å². The highest BCUT2D eigenvalue weighted by molar-refractivity contribution is 7.85. The second-order valence-electron chi connectivity index (χ2n) is 2.32. The van der Waals surface area contributed by atoms with Gasteiger partial charge in [0.1, 0.15) is 0 Å². The molecule has 12 heavy (non-hydrogen) atoms. The van der Waals surface area contributed by atoms with Crippen molar-refractivity contribution in [3.05, 3.63) is 0 Å². The Bertz CT molecular complexity index is 230. The van der Waals surface area contributed by atoms with Crippen LogP contribution < -0.4 is 0 Å². The molecule has 0 bridgehead atoms. The molecule has 5 nitrogen and oxygen atoms in total. The smallest absolute Gasteiger partial charge is 0.305 e. The second kappa shape index (κ2) is 5.10. The van der Waals surface area contributed by atoms with Crippen molar-refractivity contribution >= 4 is 16.1 Å². The number of carbonyl (C=O) groups is 1. The summed E-state index contributed by atoms with van der Waals surface area (Å²) in [5.41, 5.74) is 0. The molecule has 0 aromatic heterocycles. The molecule has 0 atom stereocenters. The van der Waals surface area contributed by atoms with Crippen molar-refractivity contribution in [3.63, 3.8) is 0 Å². The molecular weight excluding hydrogens is 184 g/mol. The Morgan fingerprint density at radius 3 is 2.42 bits per heavy atom. The quantitative estimate of drug-likeness (QED) is 0.386. The highest BCUT2D eigenvalue weighted by atomic mass is 32.2. The number of esters is 1. The van der Waals surface area contributed by atoms with Gasteiger partial charge in [-0.05, 0) is 12.8 Å². The highest BCUT2D eigenvalue weighted by Gasteiger charge is 2.05. The summed E-state index contributed by atoms with van der Waals surface area (Å²) in [5, 5.41) is 0. The van der Waals surface area contributed by atoms with Gasteiger partial charge in [-0.1, -0.05) is 0 Å². The summed E-state index contributed by atoms with van der Waals surface area (Å²) >= 11 is 0. The molecule has 72 valence electrons. The average molecular weight is 196 g/mol. The highest BCUT2D eigenvalue weighted by Crippen LogP contribution is 1.99. The molecule has 0 unspecified atom stereocenters. The predicted molar refractivity (Wildman–Crippen MR) is 42.3 cm³/mol. The Kier molecular flexibility index (Phi) is 4.84. The molecule has 0 aromatic rings. The van der Waals surface area contributed by atoms with Crippen molar-refractivity contribution in [1.29, 1.82) is 0 Å². The molecular formula is C6H12O5S. The van der Waals surface area contributed by atoms with Crippen molar-refractivity contribution in [2.24, 2.45) is 0 Å². The first-order chi connectivity index (χ1) is 5.45. The van der Waals surface area contributed by atoms with E-state index in [0.717, 1.165) is 0 Å². The lowest BCUT2D eigenvalue weighted by atomic mass is 10.2. The van der Waals surface area contributed by atoms with E-state index in [1.807, 2.05) is 0 Å². The topological polar surface area (TPSA) is 80.7 Å². The Hall–Kier alpha value is -0.620. The Labute approximate surface area is 71.5 Å². The van der Waals surface area contributed by atoms with Crippen LogP contribution >= 0.6 is 0 Å². The molecule has 0 aliphatic carbocycles. The van der Waals surface area contributed by atoms with Gasteiger partial charge in [0.05, 0.1) is 12.9 Å². The first kappa shape index (κ1) is 11.4. The Morgan fingerprint density at radius 1 is 1.42 bits per heavy atom. The van der Waals surface area contributed by atoms with Crippen LogP contribution in [-0.2, 0) is 19.6 Å². The number of methoxy groups -OCH3 is 1. The molecule has 6 heteroatoms. The summed E-state index contributed by atoms with van der Waals surface area (Å²) in [6.45, 7) is 0. The van der Waals surface area contributed by atoms with Crippen LogP contribution in [0.1, 0.15) is 19.3 Å². The van der Waals surface area contributed by atoms with Crippen LogP contribution in [0.2, 0.25) is 0 Å². The van der Waals surface area contributed by atoms with E-state index in [1.54, 1.807) is 0 Å². The third-order valence-corrected chi connectivity index (χ3v) is 2.07. The standard InChI is InChI=1S/C6H12O5S/c1-11-6(7)4-2-3-5-12(8,9)10/h2-5H2,1H3,(H,8,9,10). The SMILES string of the molecule is COC(=O)CCCCS(=O)(=O)O. The second-order valence-corrected chi connectivity index (χ2v) is 3.89. The lowest BCUT2D eigenvalue weighted by molar-refractivity contribution is -0.140. The van der Waals surface area contributed by atoms with E-state index in [2.05, 4.69) is 4.74 Å². The van der Waals surface area contributed by atoms with Crippen LogP contribution in [0.3, 0.4) is 0 Å². The Balaban J connectivity index is 3.40. The van der Waals surface area contributed by atoms with Gasteiger partial charge in [0, 0.05) is 6.42 Å². The van der Waals surface area contributed by atoms with Crippen molar-refractivity contribution in [1.82, 2.24) is 0 Å². The van der Waals surface area contributed by atoms with Gasteiger partial charge in [-0.25, -0.2) is 0 Å². The Morgan fingerprint density at radius 2 is 2.00 bits per heavy atom. The van der Waals surface area contributed by atoms with Crippen LogP contribution in [0, 0.1) is 0 Å². The van der Waals surface area contributed by atoms with E-state index < -0.39 is 10.1 Å². The summed E-state index contributed by atoms with van der Waals surface area (Å²) in [6, 6.07) is 0. The fourth-order valence-corrected chi connectivity index (χ4v) is 1.22. The predicted octanol–water partition coefficient (Wildman–Crippen LogP) is 0.217. The maximum atomic E-state index is 10.5. The van der Waals surface area contributed by atoms with Crippen molar-refractivity contribution in [3.8, 4) is 0 Å². The average Bonchev–Trinajstić information content (AvgIpc) is 1.96. The largest absolute Gasteiger partial charge is 0.469 e. The number of hydrogen-bond donors (Lipinski definition) is 1. The van der Waals surface area contributed by atoms with E-state index in [4.69, 9.17) is 4.55 Å². The van der Waals surface area contributed by atoms with E-state index in [1.165, 1.54) is 7.11 Å². The molecule has 0 heterocycles. The van der Waals surface area contributed by atoms with Gasteiger partial charge in [0.25, 0.3) is 10.1 Å². The van der Waals surface area contributed by atoms with Gasteiger partial charge >= 0.3 is 5.97 Å². The van der Waals surface area contributed by atoms with Gasteiger partial charge in [0.15, 0.2) is 0 Å². The maximum absolute atomic E-state index is 10.5. The normalized spacial score (nSPS) is 11.2. The maximum Gasteiger partial charge on any atom is 0.305 e. The zero-order valence-electron chi connectivity index (χ0n) is 6.82. The van der Waals surface area contributed by atoms with Gasteiger partial charge < -0.3 is 4.74 Å². The van der Waals surface area contributed by atoms with Gasteiger partial charge in [-0.15, -0.1) is 0 Å². The van der Waals surface area contributed by atoms with E-state index in [-0.39, 0.29) is 24.6 Å². The minimum atomic E-state index is -3.88. The molecule has 0 fully saturated rings. The monoisotopic (exact) mass is 196 g/mol. The molecule has 0 aromatic carbocycles. The van der Waals surface area contributed by atoms with E-state index >= 15 is 0 Å². The van der Waals surface area contributed by atoms with Gasteiger partial charge in [-0.3, -0.25) is 9.35 Å². The van der Waals surface area contributed by atoms with Crippen LogP contribution in [0.4, 0.5) is 0 Å². The molecule has 0 radical (unpaired) electrons. The first-order valence-corrected chi connectivity index (χ1v) is 5.08. The number of ether oxygens (including phenoxy) is 1. The van der Waals surface area contributed by atoms with E-state index in [9.17, 15) is 13.2 Å². The van der Waals surface area contributed by atoms with Crippen LogP contribution in [-0.4, -0.2) is 31.8 Å². The number of rotatable bonds is 5. The van der Waals surface area contributed by atoms with Crippen LogP contribution in [0.5, 0.6) is 0 Å². The molecule has 0 amide bonds. The van der Waals surface area contributed by atoms with Gasteiger partial charge in [0.2, 0.25) is 0 Å². The number of unbranched alkanes of at least 4 members (excludes halogenated alkanes) is 1. The summed E-state index contributed by atoms with van der Waals surface area (Å²) in [7, 11) is -2.61. The third-order valence-electron chi connectivity index (χ3n) is 1.26. The van der Waals surface area contributed by atoms with E-state index in [0.29, 0.717) is 6.42 Å². The fraction of sp³-hybridized carbons (Fsp3) is 0.833. The zero-order chi connectivity index (χ0) is 9.61. The summed E-state index contributed by atoms with van der Waals surface area (Å²) in [6.07, 6.45) is 0.867. The third kappa shape index (κ3) is 7.49. The summed E-state index contributed by atoms with van der Waals surface area (Å²) < 4.78 is 33.0. The summed E-state index contributed by atoms with van der Waals surface area (Å²) in [5.74, 6) is -0.672. The number of carbonyl (C=O) groups excluding carboxylic acids is 1. The summed E-state index contributed by atoms with van der Waals surface area (Å²) in [4.78, 5) is 10.5. The molecule has 0 aliphatic rings. The van der Waals surface area contributed by atoms with Crippen LogP contribution in [0.15, 0.2) is 0 Å². The molecule has 1 N–H and O–H groups in total. The van der Waals surface area contributed by atoms with Crippen molar-refractivity contribution in [2.45, 2.75) is 19.3 Å². The van der Waals surface area contributed by atoms with Crippen molar-refractivity contribution in [2.75, 3.05) is 12.9 Å². The molecule has 0 spiro atoms. The number of hydrogen-bond acceptors (Lipinski definition) is 4. The lowest BCUT2D eigenvalue weighted by Crippen LogP contribution is -2.05. The fourth-order valence-electron chi connectivity index (χ4n) is 0.656. The first-order valence-electron chi connectivity index (χ1n) is 3.47. The van der Waals surface area contributed by atoms with Crippen molar-refractivity contribution < 1.29 is 22.5 Å². The molecule has 0 saturated carbocycles.